The summed E-state index contributed by atoms with van der Waals surface area (Å²) in [6.07, 6.45) is -0.510. The van der Waals surface area contributed by atoms with Crippen molar-refractivity contribution in [3.05, 3.63) is 35.4 Å². The summed E-state index contributed by atoms with van der Waals surface area (Å²) in [5.41, 5.74) is 0.274. The summed E-state index contributed by atoms with van der Waals surface area (Å²) in [6, 6.07) is 3.75. The van der Waals surface area contributed by atoms with Gasteiger partial charge in [-0.1, -0.05) is 12.1 Å². The van der Waals surface area contributed by atoms with Crippen LogP contribution < -0.4 is 5.32 Å². The van der Waals surface area contributed by atoms with Crippen LogP contribution in [0.2, 0.25) is 0 Å². The van der Waals surface area contributed by atoms with Gasteiger partial charge in [0.05, 0.1) is 6.10 Å². The fraction of sp³-hybridized carbons (Fsp3) is 0.455. The fourth-order valence-electron chi connectivity index (χ4n) is 1.31. The quantitative estimate of drug-likeness (QED) is 0.805. The highest BCUT2D eigenvalue weighted by Gasteiger charge is 2.13. The van der Waals surface area contributed by atoms with Crippen LogP contribution in [0.5, 0.6) is 0 Å². The van der Waals surface area contributed by atoms with E-state index in [9.17, 15) is 8.78 Å². The Balaban J connectivity index is 2.73. The van der Waals surface area contributed by atoms with Gasteiger partial charge in [0.15, 0.2) is 11.6 Å². The molecule has 0 aliphatic carbocycles. The Morgan fingerprint density at radius 1 is 1.33 bits per heavy atom. The van der Waals surface area contributed by atoms with E-state index in [-0.39, 0.29) is 11.6 Å². The highest BCUT2D eigenvalue weighted by atomic mass is 19.2. The Kier molecular flexibility index (Phi) is 4.17. The van der Waals surface area contributed by atoms with E-state index in [1.165, 1.54) is 12.1 Å². The lowest BCUT2D eigenvalue weighted by molar-refractivity contribution is 0.187. The lowest BCUT2D eigenvalue weighted by Crippen LogP contribution is -2.27. The van der Waals surface area contributed by atoms with E-state index in [4.69, 9.17) is 5.11 Å². The summed E-state index contributed by atoms with van der Waals surface area (Å²) >= 11 is 0. The lowest BCUT2D eigenvalue weighted by atomic mass is 10.1. The summed E-state index contributed by atoms with van der Waals surface area (Å²) in [6.45, 7) is 3.69. The second kappa shape index (κ2) is 5.19. The minimum Gasteiger partial charge on any atom is -0.392 e. The van der Waals surface area contributed by atoms with E-state index in [1.807, 2.05) is 0 Å². The fourth-order valence-corrected chi connectivity index (χ4v) is 1.31. The van der Waals surface area contributed by atoms with Crippen molar-refractivity contribution in [3.8, 4) is 0 Å². The van der Waals surface area contributed by atoms with Gasteiger partial charge in [0.2, 0.25) is 0 Å². The number of rotatable bonds is 4. The molecule has 1 aromatic rings. The molecule has 2 atom stereocenters. The first-order valence-electron chi connectivity index (χ1n) is 4.87. The molecular formula is C11H15F2NO. The van der Waals surface area contributed by atoms with Crippen molar-refractivity contribution < 1.29 is 13.9 Å². The zero-order valence-corrected chi connectivity index (χ0v) is 8.80. The first kappa shape index (κ1) is 12.1. The molecule has 0 aliphatic rings. The molecule has 0 saturated heterocycles. The first-order chi connectivity index (χ1) is 7.02. The van der Waals surface area contributed by atoms with Gasteiger partial charge in [-0.3, -0.25) is 0 Å². The highest BCUT2D eigenvalue weighted by molar-refractivity contribution is 5.21. The Labute approximate surface area is 87.9 Å². The van der Waals surface area contributed by atoms with Crippen LogP contribution in [0.15, 0.2) is 18.2 Å². The van der Waals surface area contributed by atoms with Gasteiger partial charge in [0.1, 0.15) is 0 Å². The largest absolute Gasteiger partial charge is 0.392 e. The minimum atomic E-state index is -0.849. The average Bonchev–Trinajstić information content (AvgIpc) is 2.18. The van der Waals surface area contributed by atoms with Crippen LogP contribution in [0, 0.1) is 11.6 Å². The predicted molar refractivity (Wildman–Crippen MR) is 54.5 cm³/mol. The molecule has 2 N–H and O–H groups in total. The SMILES string of the molecule is CC(NC[C@H](C)O)c1cccc(F)c1F. The molecule has 15 heavy (non-hydrogen) atoms. The molecule has 4 heteroatoms. The molecule has 0 amide bonds. The van der Waals surface area contributed by atoms with Crippen molar-refractivity contribution in [2.75, 3.05) is 6.54 Å². The molecule has 84 valence electrons. The summed E-state index contributed by atoms with van der Waals surface area (Å²) in [5.74, 6) is -1.68. The van der Waals surface area contributed by atoms with Crippen LogP contribution in [0.25, 0.3) is 0 Å². The zero-order chi connectivity index (χ0) is 11.4. The predicted octanol–water partition coefficient (Wildman–Crippen LogP) is 2.00. The van der Waals surface area contributed by atoms with Crippen LogP contribution in [-0.2, 0) is 0 Å². The summed E-state index contributed by atoms with van der Waals surface area (Å²) in [5, 5.41) is 12.0. The van der Waals surface area contributed by atoms with Crippen LogP contribution >= 0.6 is 0 Å². The number of hydrogen-bond donors (Lipinski definition) is 2. The van der Waals surface area contributed by atoms with E-state index in [0.717, 1.165) is 6.07 Å². The molecule has 0 spiro atoms. The number of aliphatic hydroxyl groups is 1. The van der Waals surface area contributed by atoms with E-state index in [2.05, 4.69) is 5.32 Å². The minimum absolute atomic E-state index is 0.274. The van der Waals surface area contributed by atoms with Crippen molar-refractivity contribution in [1.29, 1.82) is 0 Å². The summed E-state index contributed by atoms with van der Waals surface area (Å²) in [4.78, 5) is 0. The van der Waals surface area contributed by atoms with E-state index < -0.39 is 17.7 Å². The van der Waals surface area contributed by atoms with Gasteiger partial charge in [-0.2, -0.15) is 0 Å². The molecule has 1 aromatic carbocycles. The highest BCUT2D eigenvalue weighted by Crippen LogP contribution is 2.18. The zero-order valence-electron chi connectivity index (χ0n) is 8.80. The second-order valence-corrected chi connectivity index (χ2v) is 3.62. The molecule has 0 bridgehead atoms. The molecule has 1 rings (SSSR count). The third kappa shape index (κ3) is 3.25. The monoisotopic (exact) mass is 215 g/mol. The second-order valence-electron chi connectivity index (χ2n) is 3.62. The Bertz CT molecular complexity index is 328. The number of hydrogen-bond acceptors (Lipinski definition) is 2. The molecule has 0 fully saturated rings. The number of benzene rings is 1. The molecule has 2 nitrogen and oxygen atoms in total. The van der Waals surface area contributed by atoms with Gasteiger partial charge in [-0.05, 0) is 19.9 Å². The molecular weight excluding hydrogens is 200 g/mol. The maximum Gasteiger partial charge on any atom is 0.163 e. The van der Waals surface area contributed by atoms with Crippen LogP contribution in [0.3, 0.4) is 0 Å². The van der Waals surface area contributed by atoms with Crippen molar-refractivity contribution >= 4 is 0 Å². The Hall–Kier alpha value is -1.00. The number of nitrogens with one attached hydrogen (secondary N) is 1. The lowest BCUT2D eigenvalue weighted by Gasteiger charge is -2.16. The third-order valence-electron chi connectivity index (χ3n) is 2.17. The topological polar surface area (TPSA) is 32.3 Å². The van der Waals surface area contributed by atoms with E-state index in [0.29, 0.717) is 6.54 Å². The molecule has 0 radical (unpaired) electrons. The van der Waals surface area contributed by atoms with Crippen molar-refractivity contribution in [1.82, 2.24) is 5.32 Å². The van der Waals surface area contributed by atoms with Gasteiger partial charge in [-0.25, -0.2) is 8.78 Å². The van der Waals surface area contributed by atoms with Gasteiger partial charge in [0.25, 0.3) is 0 Å². The standard InChI is InChI=1S/C11H15F2NO/c1-7(15)6-14-8(2)9-4-3-5-10(12)11(9)13/h3-5,7-8,14-15H,6H2,1-2H3/t7-,8?/m0/s1. The van der Waals surface area contributed by atoms with Crippen LogP contribution in [0.4, 0.5) is 8.78 Å². The van der Waals surface area contributed by atoms with Crippen molar-refractivity contribution in [2.24, 2.45) is 0 Å². The van der Waals surface area contributed by atoms with Crippen molar-refractivity contribution in [2.45, 2.75) is 26.0 Å². The normalized spacial score (nSPS) is 15.0. The molecule has 0 aliphatic heterocycles. The molecule has 1 unspecified atom stereocenters. The first-order valence-corrected chi connectivity index (χ1v) is 4.87. The summed E-state index contributed by atoms with van der Waals surface area (Å²) in [7, 11) is 0. The maximum atomic E-state index is 13.3. The van der Waals surface area contributed by atoms with Gasteiger partial charge >= 0.3 is 0 Å². The van der Waals surface area contributed by atoms with Crippen LogP contribution in [-0.4, -0.2) is 17.8 Å². The Morgan fingerprint density at radius 2 is 2.00 bits per heavy atom. The molecule has 0 saturated carbocycles. The van der Waals surface area contributed by atoms with Crippen molar-refractivity contribution in [3.63, 3.8) is 0 Å². The average molecular weight is 215 g/mol. The van der Waals surface area contributed by atoms with Crippen LogP contribution in [0.1, 0.15) is 25.5 Å². The van der Waals surface area contributed by atoms with Gasteiger partial charge in [0, 0.05) is 18.2 Å². The van der Waals surface area contributed by atoms with E-state index >= 15 is 0 Å². The molecule has 0 aromatic heterocycles. The third-order valence-corrected chi connectivity index (χ3v) is 2.17. The molecule has 0 heterocycles. The number of halogens is 2. The summed E-state index contributed by atoms with van der Waals surface area (Å²) < 4.78 is 26.2. The number of aliphatic hydroxyl groups excluding tert-OH is 1. The maximum absolute atomic E-state index is 13.3. The van der Waals surface area contributed by atoms with Gasteiger partial charge < -0.3 is 10.4 Å². The van der Waals surface area contributed by atoms with Gasteiger partial charge in [-0.15, -0.1) is 0 Å². The van der Waals surface area contributed by atoms with E-state index in [1.54, 1.807) is 13.8 Å². The smallest absolute Gasteiger partial charge is 0.163 e. The Morgan fingerprint density at radius 3 is 2.60 bits per heavy atom.